The molecule has 1 saturated carbocycles. The molecule has 2 amide bonds. The average molecular weight is 389 g/mol. The Labute approximate surface area is 167 Å². The number of likely N-dealkylation sites (tertiary alicyclic amines) is 1. The SMILES string of the molecule is COc1ccc(OC)c([C@@H]2CN(C(=O)C3CCCC3)C[C@H]2C(=O)NC(C)C)c1. The summed E-state index contributed by atoms with van der Waals surface area (Å²) in [5, 5.41) is 3.03. The van der Waals surface area contributed by atoms with Crippen LogP contribution in [-0.2, 0) is 9.59 Å². The highest BCUT2D eigenvalue weighted by atomic mass is 16.5. The van der Waals surface area contributed by atoms with E-state index < -0.39 is 0 Å². The maximum absolute atomic E-state index is 13.0. The number of amides is 2. The number of carbonyl (C=O) groups excluding carboxylic acids is 2. The van der Waals surface area contributed by atoms with Gasteiger partial charge in [-0.2, -0.15) is 0 Å². The van der Waals surface area contributed by atoms with Crippen molar-refractivity contribution in [2.45, 2.75) is 51.5 Å². The van der Waals surface area contributed by atoms with Crippen LogP contribution >= 0.6 is 0 Å². The fourth-order valence-corrected chi connectivity index (χ4v) is 4.52. The van der Waals surface area contributed by atoms with Crippen LogP contribution in [0.15, 0.2) is 18.2 Å². The van der Waals surface area contributed by atoms with Gasteiger partial charge < -0.3 is 19.7 Å². The Morgan fingerprint density at radius 3 is 2.43 bits per heavy atom. The first-order valence-corrected chi connectivity index (χ1v) is 10.3. The highest BCUT2D eigenvalue weighted by Crippen LogP contribution is 2.40. The van der Waals surface area contributed by atoms with E-state index in [2.05, 4.69) is 5.32 Å². The molecule has 1 aromatic rings. The molecule has 6 nitrogen and oxygen atoms in total. The molecule has 1 aromatic carbocycles. The highest BCUT2D eigenvalue weighted by molar-refractivity contribution is 5.84. The van der Waals surface area contributed by atoms with Crippen molar-refractivity contribution in [3.05, 3.63) is 23.8 Å². The predicted molar refractivity (Wildman–Crippen MR) is 108 cm³/mol. The molecule has 0 radical (unpaired) electrons. The van der Waals surface area contributed by atoms with Gasteiger partial charge in [-0.25, -0.2) is 0 Å². The third-order valence-corrected chi connectivity index (χ3v) is 5.94. The second-order valence-corrected chi connectivity index (χ2v) is 8.21. The molecule has 0 unspecified atom stereocenters. The third-order valence-electron chi connectivity index (χ3n) is 5.94. The minimum absolute atomic E-state index is 0.00778. The number of rotatable bonds is 6. The first-order chi connectivity index (χ1) is 13.4. The molecule has 1 heterocycles. The Bertz CT molecular complexity index is 712. The summed E-state index contributed by atoms with van der Waals surface area (Å²) in [4.78, 5) is 27.9. The van der Waals surface area contributed by atoms with Gasteiger partial charge in [-0.15, -0.1) is 0 Å². The van der Waals surface area contributed by atoms with Crippen LogP contribution in [0.25, 0.3) is 0 Å². The maximum atomic E-state index is 13.0. The molecular formula is C22H32N2O4. The topological polar surface area (TPSA) is 67.9 Å². The third kappa shape index (κ3) is 4.26. The summed E-state index contributed by atoms with van der Waals surface area (Å²) >= 11 is 0. The largest absolute Gasteiger partial charge is 0.497 e. The predicted octanol–water partition coefficient (Wildman–Crippen LogP) is 2.96. The molecule has 154 valence electrons. The van der Waals surface area contributed by atoms with Gasteiger partial charge in [-0.3, -0.25) is 9.59 Å². The Balaban J connectivity index is 1.91. The number of nitrogens with zero attached hydrogens (tertiary/aromatic N) is 1. The van der Waals surface area contributed by atoms with Gasteiger partial charge in [0.05, 0.1) is 20.1 Å². The molecule has 2 fully saturated rings. The van der Waals surface area contributed by atoms with Crippen LogP contribution in [0.5, 0.6) is 11.5 Å². The van der Waals surface area contributed by atoms with Crippen LogP contribution in [0.2, 0.25) is 0 Å². The first-order valence-electron chi connectivity index (χ1n) is 10.3. The van der Waals surface area contributed by atoms with Crippen molar-refractivity contribution in [3.63, 3.8) is 0 Å². The molecular weight excluding hydrogens is 356 g/mol. The monoisotopic (exact) mass is 388 g/mol. The number of benzene rings is 1. The molecule has 2 aliphatic rings. The van der Waals surface area contributed by atoms with Crippen LogP contribution in [-0.4, -0.2) is 50.1 Å². The standard InChI is InChI=1S/C22H32N2O4/c1-14(2)23-21(25)19-13-24(22(26)15-7-5-6-8-15)12-18(19)17-11-16(27-3)9-10-20(17)28-4/h9-11,14-15,18-19H,5-8,12-13H2,1-4H3,(H,23,25)/t18-,19+/m0/s1. The van der Waals surface area contributed by atoms with Gasteiger partial charge in [-0.1, -0.05) is 12.8 Å². The van der Waals surface area contributed by atoms with E-state index in [1.54, 1.807) is 14.2 Å². The maximum Gasteiger partial charge on any atom is 0.225 e. The van der Waals surface area contributed by atoms with Gasteiger partial charge in [0.2, 0.25) is 11.8 Å². The molecule has 1 N–H and O–H groups in total. The molecule has 0 aromatic heterocycles. The van der Waals surface area contributed by atoms with E-state index in [-0.39, 0.29) is 35.6 Å². The van der Waals surface area contributed by atoms with E-state index in [0.29, 0.717) is 13.1 Å². The number of methoxy groups -OCH3 is 2. The number of hydrogen-bond donors (Lipinski definition) is 1. The van der Waals surface area contributed by atoms with Crippen LogP contribution < -0.4 is 14.8 Å². The first kappa shape index (κ1) is 20.5. The van der Waals surface area contributed by atoms with Crippen molar-refractivity contribution in [1.82, 2.24) is 10.2 Å². The summed E-state index contributed by atoms with van der Waals surface area (Å²) < 4.78 is 11.0. The Hall–Kier alpha value is -2.24. The minimum atomic E-state index is -0.297. The second kappa shape index (κ2) is 8.84. The molecule has 6 heteroatoms. The lowest BCUT2D eigenvalue weighted by molar-refractivity contribution is -0.134. The van der Waals surface area contributed by atoms with Crippen molar-refractivity contribution in [2.75, 3.05) is 27.3 Å². The number of hydrogen-bond acceptors (Lipinski definition) is 4. The molecule has 0 bridgehead atoms. The van der Waals surface area contributed by atoms with Gasteiger partial charge >= 0.3 is 0 Å². The zero-order chi connectivity index (χ0) is 20.3. The summed E-state index contributed by atoms with van der Waals surface area (Å²) in [5.41, 5.74) is 0.924. The van der Waals surface area contributed by atoms with Crippen molar-refractivity contribution < 1.29 is 19.1 Å². The quantitative estimate of drug-likeness (QED) is 0.814. The molecule has 28 heavy (non-hydrogen) atoms. The second-order valence-electron chi connectivity index (χ2n) is 8.21. The van der Waals surface area contributed by atoms with Gasteiger partial charge in [0.1, 0.15) is 11.5 Å². The Kier molecular flexibility index (Phi) is 6.47. The van der Waals surface area contributed by atoms with E-state index in [1.807, 2.05) is 36.9 Å². The van der Waals surface area contributed by atoms with E-state index in [4.69, 9.17) is 9.47 Å². The highest BCUT2D eigenvalue weighted by Gasteiger charge is 2.43. The Morgan fingerprint density at radius 2 is 1.82 bits per heavy atom. The van der Waals surface area contributed by atoms with E-state index in [9.17, 15) is 9.59 Å². The van der Waals surface area contributed by atoms with E-state index in [1.165, 1.54) is 0 Å². The van der Waals surface area contributed by atoms with Gasteiger partial charge in [-0.05, 0) is 44.9 Å². The fraction of sp³-hybridized carbons (Fsp3) is 0.636. The summed E-state index contributed by atoms with van der Waals surface area (Å²) in [7, 11) is 3.25. The number of ether oxygens (including phenoxy) is 2. The van der Waals surface area contributed by atoms with Crippen LogP contribution in [0.4, 0.5) is 0 Å². The van der Waals surface area contributed by atoms with E-state index >= 15 is 0 Å². The molecule has 1 aliphatic carbocycles. The zero-order valence-corrected chi connectivity index (χ0v) is 17.4. The van der Waals surface area contributed by atoms with E-state index in [0.717, 1.165) is 42.7 Å². The summed E-state index contributed by atoms with van der Waals surface area (Å²) in [6, 6.07) is 5.71. The average Bonchev–Trinajstić information content (AvgIpc) is 3.36. The number of carbonyl (C=O) groups is 2. The molecule has 2 atom stereocenters. The van der Waals surface area contributed by atoms with Gasteiger partial charge in [0.25, 0.3) is 0 Å². The smallest absolute Gasteiger partial charge is 0.225 e. The fourth-order valence-electron chi connectivity index (χ4n) is 4.52. The molecule has 0 spiro atoms. The van der Waals surface area contributed by atoms with Crippen LogP contribution in [0.1, 0.15) is 51.0 Å². The molecule has 3 rings (SSSR count). The summed E-state index contributed by atoms with van der Waals surface area (Å²) in [6.45, 7) is 4.90. The van der Waals surface area contributed by atoms with Crippen molar-refractivity contribution in [1.29, 1.82) is 0 Å². The summed E-state index contributed by atoms with van der Waals surface area (Å²) in [6.07, 6.45) is 4.17. The molecule has 1 saturated heterocycles. The molecule has 1 aliphatic heterocycles. The van der Waals surface area contributed by atoms with Gasteiger partial charge in [0.15, 0.2) is 0 Å². The number of nitrogens with one attached hydrogen (secondary N) is 1. The van der Waals surface area contributed by atoms with Crippen molar-refractivity contribution in [2.24, 2.45) is 11.8 Å². The normalized spacial score (nSPS) is 22.5. The minimum Gasteiger partial charge on any atom is -0.497 e. The lowest BCUT2D eigenvalue weighted by atomic mass is 9.87. The Morgan fingerprint density at radius 1 is 1.11 bits per heavy atom. The van der Waals surface area contributed by atoms with Crippen molar-refractivity contribution >= 4 is 11.8 Å². The van der Waals surface area contributed by atoms with Crippen molar-refractivity contribution in [3.8, 4) is 11.5 Å². The van der Waals surface area contributed by atoms with Crippen LogP contribution in [0.3, 0.4) is 0 Å². The lowest BCUT2D eigenvalue weighted by Crippen LogP contribution is -2.39. The zero-order valence-electron chi connectivity index (χ0n) is 17.4. The lowest BCUT2D eigenvalue weighted by Gasteiger charge is -2.22. The summed E-state index contributed by atoms with van der Waals surface area (Å²) in [5.74, 6) is 1.33. The van der Waals surface area contributed by atoms with Crippen LogP contribution in [0, 0.1) is 11.8 Å². The van der Waals surface area contributed by atoms with Gasteiger partial charge in [0, 0.05) is 36.5 Å².